The second kappa shape index (κ2) is 9.63. The number of benzene rings is 2. The highest BCUT2D eigenvalue weighted by Crippen LogP contribution is 2.45. The summed E-state index contributed by atoms with van der Waals surface area (Å²) in [5, 5.41) is 2.04. The van der Waals surface area contributed by atoms with Crippen LogP contribution >= 0.6 is 11.3 Å². The van der Waals surface area contributed by atoms with Gasteiger partial charge in [0.25, 0.3) is 5.91 Å². The minimum Gasteiger partial charge on any atom is -0.368 e. The first-order valence-electron chi connectivity index (χ1n) is 12.1. The molecule has 1 aromatic heterocycles. The molecule has 176 valence electrons. The van der Waals surface area contributed by atoms with Crippen LogP contribution in [0, 0.1) is 5.92 Å². The molecule has 5 nitrogen and oxygen atoms in total. The topological polar surface area (TPSA) is 43.9 Å². The Hall–Kier alpha value is -3.12. The summed E-state index contributed by atoms with van der Waals surface area (Å²) >= 11 is 1.63. The molecule has 0 spiro atoms. The third-order valence-corrected chi connectivity index (χ3v) is 7.76. The number of rotatable bonds is 5. The van der Waals surface area contributed by atoms with Gasteiger partial charge in [0.1, 0.15) is 0 Å². The number of piperazine rings is 1. The van der Waals surface area contributed by atoms with Gasteiger partial charge in [-0.05, 0) is 41.1 Å². The molecule has 2 amide bonds. The van der Waals surface area contributed by atoms with Crippen molar-refractivity contribution in [2.24, 2.45) is 5.92 Å². The molecule has 2 aromatic carbocycles. The van der Waals surface area contributed by atoms with Crippen LogP contribution < -0.4 is 4.90 Å². The Balaban J connectivity index is 1.48. The Morgan fingerprint density at radius 2 is 1.65 bits per heavy atom. The Morgan fingerprint density at radius 3 is 2.32 bits per heavy atom. The van der Waals surface area contributed by atoms with Crippen molar-refractivity contribution >= 4 is 28.8 Å². The molecule has 0 unspecified atom stereocenters. The van der Waals surface area contributed by atoms with Crippen molar-refractivity contribution in [3.05, 3.63) is 88.1 Å². The number of hydrogen-bond donors (Lipinski definition) is 0. The van der Waals surface area contributed by atoms with Crippen LogP contribution in [0.15, 0.2) is 72.1 Å². The molecule has 1 saturated heterocycles. The van der Waals surface area contributed by atoms with E-state index in [1.54, 1.807) is 11.3 Å². The monoisotopic (exact) mass is 473 g/mol. The van der Waals surface area contributed by atoms with E-state index >= 15 is 0 Å². The second-order valence-corrected chi connectivity index (χ2v) is 10.5. The number of amides is 2. The Kier molecular flexibility index (Phi) is 6.42. The van der Waals surface area contributed by atoms with E-state index in [4.69, 9.17) is 0 Å². The molecule has 2 aliphatic heterocycles. The Labute approximate surface area is 205 Å². The summed E-state index contributed by atoms with van der Waals surface area (Å²) in [7, 11) is 0. The Bertz CT molecular complexity index is 1140. The van der Waals surface area contributed by atoms with Crippen molar-refractivity contribution < 1.29 is 9.59 Å². The van der Waals surface area contributed by atoms with Gasteiger partial charge in [-0.3, -0.25) is 9.59 Å². The summed E-state index contributed by atoms with van der Waals surface area (Å²) in [5.41, 5.74) is 2.72. The zero-order valence-corrected chi connectivity index (χ0v) is 20.6. The predicted octanol–water partition coefficient (Wildman–Crippen LogP) is 5.03. The molecule has 0 bridgehead atoms. The summed E-state index contributed by atoms with van der Waals surface area (Å²) in [5.74, 6) is 0.0666. The fourth-order valence-corrected chi connectivity index (χ4v) is 6.12. The first-order chi connectivity index (χ1) is 16.5. The molecule has 34 heavy (non-hydrogen) atoms. The highest BCUT2D eigenvalue weighted by Gasteiger charge is 2.46. The number of nitrogens with zero attached hydrogens (tertiary/aromatic N) is 3. The summed E-state index contributed by atoms with van der Waals surface area (Å²) in [6.07, 6.45) is 0. The molecular weight excluding hydrogens is 442 g/mol. The molecule has 0 aliphatic carbocycles. The summed E-state index contributed by atoms with van der Waals surface area (Å²) in [4.78, 5) is 35.1. The number of anilines is 1. The van der Waals surface area contributed by atoms with E-state index in [2.05, 4.69) is 49.1 Å². The number of thiophene rings is 1. The number of carbonyl (C=O) groups excluding carboxylic acids is 2. The van der Waals surface area contributed by atoms with Crippen molar-refractivity contribution in [1.29, 1.82) is 0 Å². The number of carbonyl (C=O) groups is 2. The zero-order chi connectivity index (χ0) is 23.7. The highest BCUT2D eigenvalue weighted by atomic mass is 32.1. The average Bonchev–Trinajstić information content (AvgIpc) is 3.40. The first kappa shape index (κ1) is 22.7. The van der Waals surface area contributed by atoms with E-state index in [0.29, 0.717) is 31.1 Å². The van der Waals surface area contributed by atoms with Gasteiger partial charge in [-0.15, -0.1) is 11.3 Å². The van der Waals surface area contributed by atoms with E-state index in [9.17, 15) is 9.59 Å². The van der Waals surface area contributed by atoms with Crippen LogP contribution in [-0.4, -0.2) is 54.3 Å². The fourth-order valence-electron chi connectivity index (χ4n) is 5.25. The maximum absolute atomic E-state index is 14.2. The largest absolute Gasteiger partial charge is 0.368 e. The van der Waals surface area contributed by atoms with Crippen LogP contribution in [0.2, 0.25) is 0 Å². The molecule has 3 heterocycles. The standard InChI is InChI=1S/C28H31N3O2S/c1-20(2)19-31-26(24-13-8-18-34-24)25(22-11-6-7-12-23(22)27(31)32)28(33)30-16-14-29(15-17-30)21-9-4-3-5-10-21/h3-13,18,20,25-26H,14-17,19H2,1-2H3/t25-,26+/m1/s1. The zero-order valence-electron chi connectivity index (χ0n) is 19.8. The molecule has 0 radical (unpaired) electrons. The lowest BCUT2D eigenvalue weighted by Crippen LogP contribution is -2.53. The van der Waals surface area contributed by atoms with Gasteiger partial charge in [-0.2, -0.15) is 0 Å². The van der Waals surface area contributed by atoms with Gasteiger partial charge in [0.2, 0.25) is 5.91 Å². The predicted molar refractivity (Wildman–Crippen MR) is 137 cm³/mol. The molecule has 6 heteroatoms. The van der Waals surface area contributed by atoms with E-state index in [1.807, 2.05) is 51.6 Å². The van der Waals surface area contributed by atoms with Gasteiger partial charge < -0.3 is 14.7 Å². The molecular formula is C28H31N3O2S. The number of fused-ring (bicyclic) bond motifs is 1. The van der Waals surface area contributed by atoms with Crippen LogP contribution in [0.25, 0.3) is 0 Å². The van der Waals surface area contributed by atoms with Crippen LogP contribution in [0.4, 0.5) is 5.69 Å². The van der Waals surface area contributed by atoms with Gasteiger partial charge in [-0.1, -0.05) is 56.3 Å². The molecule has 1 fully saturated rings. The summed E-state index contributed by atoms with van der Waals surface area (Å²) < 4.78 is 0. The normalized spacial score (nSPS) is 20.6. The van der Waals surface area contributed by atoms with E-state index in [1.165, 1.54) is 5.69 Å². The number of para-hydroxylation sites is 1. The lowest BCUT2D eigenvalue weighted by molar-refractivity contribution is -0.135. The SMILES string of the molecule is CC(C)CN1C(=O)c2ccccc2[C@@H](C(=O)N2CCN(c3ccccc3)CC2)[C@@H]1c1cccs1. The third-order valence-electron chi connectivity index (χ3n) is 6.81. The quantitative estimate of drug-likeness (QED) is 0.522. The molecule has 0 saturated carbocycles. The lowest BCUT2D eigenvalue weighted by Gasteiger charge is -2.44. The highest BCUT2D eigenvalue weighted by molar-refractivity contribution is 7.10. The van der Waals surface area contributed by atoms with E-state index in [0.717, 1.165) is 23.5 Å². The molecule has 5 rings (SSSR count). The minimum absolute atomic E-state index is 0.0284. The molecule has 2 atom stereocenters. The molecule has 3 aromatic rings. The number of hydrogen-bond acceptors (Lipinski definition) is 4. The third kappa shape index (κ3) is 4.23. The van der Waals surface area contributed by atoms with Crippen LogP contribution in [0.3, 0.4) is 0 Å². The Morgan fingerprint density at radius 1 is 0.941 bits per heavy atom. The van der Waals surface area contributed by atoms with Crippen molar-refractivity contribution in [2.45, 2.75) is 25.8 Å². The van der Waals surface area contributed by atoms with E-state index < -0.39 is 5.92 Å². The maximum atomic E-state index is 14.2. The van der Waals surface area contributed by atoms with Crippen molar-refractivity contribution in [1.82, 2.24) is 9.80 Å². The van der Waals surface area contributed by atoms with E-state index in [-0.39, 0.29) is 17.9 Å². The van der Waals surface area contributed by atoms with Crippen LogP contribution in [0.1, 0.15) is 46.6 Å². The van der Waals surface area contributed by atoms with Gasteiger partial charge in [0.15, 0.2) is 0 Å². The maximum Gasteiger partial charge on any atom is 0.254 e. The minimum atomic E-state index is -0.394. The van der Waals surface area contributed by atoms with Crippen molar-refractivity contribution in [3.63, 3.8) is 0 Å². The lowest BCUT2D eigenvalue weighted by atomic mass is 9.80. The van der Waals surface area contributed by atoms with Crippen molar-refractivity contribution in [2.75, 3.05) is 37.6 Å². The second-order valence-electron chi connectivity index (χ2n) is 9.52. The summed E-state index contributed by atoms with van der Waals surface area (Å²) in [6.45, 7) is 7.85. The van der Waals surface area contributed by atoms with Gasteiger partial charge in [0, 0.05) is 48.9 Å². The molecule has 2 aliphatic rings. The smallest absolute Gasteiger partial charge is 0.254 e. The fraction of sp³-hybridized carbons (Fsp3) is 0.357. The van der Waals surface area contributed by atoms with Gasteiger partial charge >= 0.3 is 0 Å². The van der Waals surface area contributed by atoms with Crippen LogP contribution in [0.5, 0.6) is 0 Å². The van der Waals surface area contributed by atoms with Gasteiger partial charge in [0.05, 0.1) is 12.0 Å². The summed E-state index contributed by atoms with van der Waals surface area (Å²) in [6, 6.07) is 21.9. The first-order valence-corrected chi connectivity index (χ1v) is 12.9. The van der Waals surface area contributed by atoms with Gasteiger partial charge in [-0.25, -0.2) is 0 Å². The average molecular weight is 474 g/mol. The van der Waals surface area contributed by atoms with Crippen LogP contribution in [-0.2, 0) is 4.79 Å². The van der Waals surface area contributed by atoms with Crippen molar-refractivity contribution in [3.8, 4) is 0 Å². The molecule has 0 N–H and O–H groups in total.